The SMILES string of the molecule is COc1ccc(OC)c(C2CCCN2C(=O)COc2ccc(C#N)cc2OC)c1. The molecule has 0 saturated carbocycles. The molecule has 1 unspecified atom stereocenters. The first-order valence-corrected chi connectivity index (χ1v) is 9.33. The molecule has 2 aromatic carbocycles. The van der Waals surface area contributed by atoms with E-state index in [9.17, 15) is 4.79 Å². The van der Waals surface area contributed by atoms with E-state index in [0.29, 0.717) is 23.6 Å². The van der Waals surface area contributed by atoms with Crippen LogP contribution in [-0.2, 0) is 4.79 Å². The van der Waals surface area contributed by atoms with Crippen molar-refractivity contribution in [2.45, 2.75) is 18.9 Å². The number of amides is 1. The largest absolute Gasteiger partial charge is 0.497 e. The molecule has 29 heavy (non-hydrogen) atoms. The van der Waals surface area contributed by atoms with Crippen molar-refractivity contribution in [3.8, 4) is 29.1 Å². The minimum absolute atomic E-state index is 0.0981. The van der Waals surface area contributed by atoms with Crippen molar-refractivity contribution in [2.75, 3.05) is 34.5 Å². The maximum absolute atomic E-state index is 12.9. The molecule has 1 atom stereocenters. The van der Waals surface area contributed by atoms with Gasteiger partial charge in [0.15, 0.2) is 18.1 Å². The van der Waals surface area contributed by atoms with E-state index in [-0.39, 0.29) is 18.6 Å². The standard InChI is InChI=1S/C22H24N2O5/c1-26-16-7-9-19(27-2)17(12-16)18-5-4-10-24(18)22(25)14-29-20-8-6-15(13-23)11-21(20)28-3/h6-9,11-12,18H,4-5,10,14H2,1-3H3. The average Bonchev–Trinajstić information content (AvgIpc) is 3.26. The normalized spacial score (nSPS) is 15.5. The number of carbonyl (C=O) groups excluding carboxylic acids is 1. The second kappa shape index (κ2) is 9.20. The zero-order chi connectivity index (χ0) is 20.8. The van der Waals surface area contributed by atoms with Gasteiger partial charge in [0.2, 0.25) is 0 Å². The number of nitrogens with zero attached hydrogens (tertiary/aromatic N) is 2. The second-order valence-corrected chi connectivity index (χ2v) is 6.62. The molecule has 7 heteroatoms. The number of ether oxygens (including phenoxy) is 4. The molecular formula is C22H24N2O5. The number of methoxy groups -OCH3 is 3. The van der Waals surface area contributed by atoms with Gasteiger partial charge in [-0.3, -0.25) is 4.79 Å². The van der Waals surface area contributed by atoms with Gasteiger partial charge in [0.1, 0.15) is 11.5 Å². The van der Waals surface area contributed by atoms with Gasteiger partial charge in [0, 0.05) is 18.2 Å². The van der Waals surface area contributed by atoms with Crippen LogP contribution in [0, 0.1) is 11.3 Å². The third kappa shape index (κ3) is 4.37. The quantitative estimate of drug-likeness (QED) is 0.714. The molecule has 1 amide bonds. The molecule has 2 aromatic rings. The molecular weight excluding hydrogens is 372 g/mol. The van der Waals surface area contributed by atoms with Crippen LogP contribution < -0.4 is 18.9 Å². The Morgan fingerprint density at radius 3 is 2.52 bits per heavy atom. The lowest BCUT2D eigenvalue weighted by Gasteiger charge is -2.26. The summed E-state index contributed by atoms with van der Waals surface area (Å²) in [7, 11) is 4.73. The fraction of sp³-hybridized carbons (Fsp3) is 0.364. The number of likely N-dealkylation sites (tertiary alicyclic amines) is 1. The lowest BCUT2D eigenvalue weighted by atomic mass is 10.0. The maximum Gasteiger partial charge on any atom is 0.261 e. The molecule has 1 saturated heterocycles. The van der Waals surface area contributed by atoms with Crippen molar-refractivity contribution in [1.82, 2.24) is 4.90 Å². The highest BCUT2D eigenvalue weighted by Gasteiger charge is 2.32. The van der Waals surface area contributed by atoms with Crippen LogP contribution in [0.25, 0.3) is 0 Å². The van der Waals surface area contributed by atoms with Gasteiger partial charge in [-0.15, -0.1) is 0 Å². The number of rotatable bonds is 7. The highest BCUT2D eigenvalue weighted by atomic mass is 16.5. The summed E-state index contributed by atoms with van der Waals surface area (Å²) in [4.78, 5) is 14.7. The summed E-state index contributed by atoms with van der Waals surface area (Å²) in [5.41, 5.74) is 1.39. The Balaban J connectivity index is 1.75. The summed E-state index contributed by atoms with van der Waals surface area (Å²) >= 11 is 0. The highest BCUT2D eigenvalue weighted by Crippen LogP contribution is 2.39. The van der Waals surface area contributed by atoms with Gasteiger partial charge in [0.05, 0.1) is 39.0 Å². The molecule has 152 valence electrons. The summed E-state index contributed by atoms with van der Waals surface area (Å²) in [6.07, 6.45) is 1.74. The Labute approximate surface area is 170 Å². The van der Waals surface area contributed by atoms with Crippen molar-refractivity contribution >= 4 is 5.91 Å². The summed E-state index contributed by atoms with van der Waals surface area (Å²) in [5.74, 6) is 2.17. The molecule has 7 nitrogen and oxygen atoms in total. The van der Waals surface area contributed by atoms with Crippen LogP contribution in [0.2, 0.25) is 0 Å². The van der Waals surface area contributed by atoms with Crippen molar-refractivity contribution in [3.05, 3.63) is 47.5 Å². The number of hydrogen-bond acceptors (Lipinski definition) is 6. The summed E-state index contributed by atoms with van der Waals surface area (Å²) in [6, 6.07) is 12.4. The monoisotopic (exact) mass is 396 g/mol. The van der Waals surface area contributed by atoms with E-state index in [0.717, 1.165) is 29.9 Å². The molecule has 1 aliphatic heterocycles. The highest BCUT2D eigenvalue weighted by molar-refractivity contribution is 5.79. The van der Waals surface area contributed by atoms with E-state index in [1.807, 2.05) is 29.2 Å². The summed E-state index contributed by atoms with van der Waals surface area (Å²) < 4.78 is 21.8. The Morgan fingerprint density at radius 2 is 1.83 bits per heavy atom. The zero-order valence-corrected chi connectivity index (χ0v) is 16.8. The first kappa shape index (κ1) is 20.3. The van der Waals surface area contributed by atoms with Gasteiger partial charge in [-0.25, -0.2) is 0 Å². The molecule has 0 radical (unpaired) electrons. The summed E-state index contributed by atoms with van der Waals surface area (Å²) in [5, 5.41) is 9.00. The van der Waals surface area contributed by atoms with E-state index < -0.39 is 0 Å². The third-order valence-electron chi connectivity index (χ3n) is 5.01. The molecule has 0 aliphatic carbocycles. The Hall–Kier alpha value is -3.40. The second-order valence-electron chi connectivity index (χ2n) is 6.62. The summed E-state index contributed by atoms with van der Waals surface area (Å²) in [6.45, 7) is 0.531. The molecule has 0 spiro atoms. The number of hydrogen-bond donors (Lipinski definition) is 0. The van der Waals surface area contributed by atoms with Gasteiger partial charge in [-0.2, -0.15) is 5.26 Å². The first-order valence-electron chi connectivity index (χ1n) is 9.33. The number of carbonyl (C=O) groups is 1. The van der Waals surface area contributed by atoms with E-state index in [4.69, 9.17) is 24.2 Å². The fourth-order valence-corrected chi connectivity index (χ4v) is 3.57. The lowest BCUT2D eigenvalue weighted by molar-refractivity contribution is -0.134. The number of benzene rings is 2. The molecule has 1 fully saturated rings. The predicted octanol–water partition coefficient (Wildman–Crippen LogP) is 3.33. The van der Waals surface area contributed by atoms with E-state index >= 15 is 0 Å². The predicted molar refractivity (Wildman–Crippen MR) is 106 cm³/mol. The average molecular weight is 396 g/mol. The van der Waals surface area contributed by atoms with Crippen LogP contribution in [0.1, 0.15) is 30.0 Å². The van der Waals surface area contributed by atoms with Crippen LogP contribution in [0.15, 0.2) is 36.4 Å². The van der Waals surface area contributed by atoms with E-state index in [1.165, 1.54) is 7.11 Å². The molecule has 1 heterocycles. The van der Waals surface area contributed by atoms with Gasteiger partial charge < -0.3 is 23.8 Å². The molecule has 3 rings (SSSR count). The minimum Gasteiger partial charge on any atom is -0.497 e. The first-order chi connectivity index (χ1) is 14.1. The van der Waals surface area contributed by atoms with Crippen molar-refractivity contribution in [2.24, 2.45) is 0 Å². The third-order valence-corrected chi connectivity index (χ3v) is 5.01. The molecule has 0 N–H and O–H groups in total. The minimum atomic E-state index is -0.121. The van der Waals surface area contributed by atoms with E-state index in [1.54, 1.807) is 32.4 Å². The zero-order valence-electron chi connectivity index (χ0n) is 16.8. The van der Waals surface area contributed by atoms with Crippen molar-refractivity contribution < 1.29 is 23.7 Å². The van der Waals surface area contributed by atoms with Crippen molar-refractivity contribution in [3.63, 3.8) is 0 Å². The smallest absolute Gasteiger partial charge is 0.261 e. The van der Waals surface area contributed by atoms with Crippen LogP contribution in [0.3, 0.4) is 0 Å². The van der Waals surface area contributed by atoms with Gasteiger partial charge >= 0.3 is 0 Å². The van der Waals surface area contributed by atoms with Gasteiger partial charge in [-0.05, 0) is 43.2 Å². The van der Waals surface area contributed by atoms with Gasteiger partial charge in [-0.1, -0.05) is 0 Å². The Bertz CT molecular complexity index is 922. The molecule has 1 aliphatic rings. The molecule has 0 aromatic heterocycles. The van der Waals surface area contributed by atoms with Crippen LogP contribution >= 0.6 is 0 Å². The topological polar surface area (TPSA) is 81.0 Å². The lowest BCUT2D eigenvalue weighted by Crippen LogP contribution is -2.34. The van der Waals surface area contributed by atoms with Gasteiger partial charge in [0.25, 0.3) is 5.91 Å². The van der Waals surface area contributed by atoms with Crippen LogP contribution in [-0.4, -0.2) is 45.3 Å². The van der Waals surface area contributed by atoms with E-state index in [2.05, 4.69) is 0 Å². The van der Waals surface area contributed by atoms with Crippen LogP contribution in [0.5, 0.6) is 23.0 Å². The van der Waals surface area contributed by atoms with Crippen LogP contribution in [0.4, 0.5) is 0 Å². The Kier molecular flexibility index (Phi) is 6.45. The van der Waals surface area contributed by atoms with Crippen molar-refractivity contribution in [1.29, 1.82) is 5.26 Å². The Morgan fingerprint density at radius 1 is 1.07 bits per heavy atom. The fourth-order valence-electron chi connectivity index (χ4n) is 3.57. The maximum atomic E-state index is 12.9. The molecule has 0 bridgehead atoms. The number of nitriles is 1.